The summed E-state index contributed by atoms with van der Waals surface area (Å²) in [4.78, 5) is 17.7. The minimum absolute atomic E-state index is 0.289. The Morgan fingerprint density at radius 3 is 2.95 bits per heavy atom. The summed E-state index contributed by atoms with van der Waals surface area (Å²) < 4.78 is 3.02. The number of benzene rings is 1. The van der Waals surface area contributed by atoms with Gasteiger partial charge in [-0.2, -0.15) is 0 Å². The highest BCUT2D eigenvalue weighted by Crippen LogP contribution is 2.30. The Morgan fingerprint density at radius 1 is 1.53 bits per heavy atom. The van der Waals surface area contributed by atoms with Gasteiger partial charge in [-0.05, 0) is 34.5 Å². The Balaban J connectivity index is 2.00. The standard InChI is InChI=1S/C13H14BrN3O2/c1-16-11-9(14)3-2-4-10(11)15-13(16)17-6-5-8(7-17)12(18)19/h2-4,8H,5-7H2,1H3,(H,18,19). The molecule has 2 aromatic rings. The molecule has 0 aliphatic carbocycles. The summed E-state index contributed by atoms with van der Waals surface area (Å²) in [6, 6.07) is 5.90. The number of aromatic nitrogens is 2. The van der Waals surface area contributed by atoms with Gasteiger partial charge in [-0.25, -0.2) is 4.98 Å². The molecular formula is C13H14BrN3O2. The summed E-state index contributed by atoms with van der Waals surface area (Å²) in [6.07, 6.45) is 0.680. The molecule has 0 bridgehead atoms. The lowest BCUT2D eigenvalue weighted by Gasteiger charge is -2.16. The molecular weight excluding hydrogens is 310 g/mol. The van der Waals surface area contributed by atoms with Crippen LogP contribution in [0, 0.1) is 5.92 Å². The molecule has 1 aromatic carbocycles. The summed E-state index contributed by atoms with van der Waals surface area (Å²) in [5.74, 6) is -0.170. The van der Waals surface area contributed by atoms with E-state index in [1.807, 2.05) is 34.7 Å². The molecule has 0 spiro atoms. The number of aliphatic carboxylic acids is 1. The first-order valence-electron chi connectivity index (χ1n) is 6.16. The van der Waals surface area contributed by atoms with Crippen LogP contribution in [-0.4, -0.2) is 33.7 Å². The fourth-order valence-corrected chi connectivity index (χ4v) is 3.26. The Morgan fingerprint density at radius 2 is 2.32 bits per heavy atom. The molecule has 1 aliphatic heterocycles. The molecule has 1 N–H and O–H groups in total. The third kappa shape index (κ3) is 2.00. The van der Waals surface area contributed by atoms with Crippen LogP contribution in [-0.2, 0) is 11.8 Å². The fourth-order valence-electron chi connectivity index (χ4n) is 2.64. The molecule has 1 fully saturated rings. The van der Waals surface area contributed by atoms with E-state index < -0.39 is 5.97 Å². The molecule has 5 nitrogen and oxygen atoms in total. The third-order valence-electron chi connectivity index (χ3n) is 3.64. The van der Waals surface area contributed by atoms with Crippen molar-refractivity contribution in [1.82, 2.24) is 9.55 Å². The summed E-state index contributed by atoms with van der Waals surface area (Å²) in [7, 11) is 1.96. The van der Waals surface area contributed by atoms with Gasteiger partial charge >= 0.3 is 5.97 Å². The zero-order chi connectivity index (χ0) is 13.6. The second kappa shape index (κ2) is 4.52. The molecule has 1 saturated heterocycles. The molecule has 1 aliphatic rings. The molecule has 0 radical (unpaired) electrons. The zero-order valence-electron chi connectivity index (χ0n) is 10.5. The van der Waals surface area contributed by atoms with Gasteiger partial charge in [-0.3, -0.25) is 4.79 Å². The molecule has 3 rings (SSSR count). The van der Waals surface area contributed by atoms with Crippen molar-refractivity contribution in [3.05, 3.63) is 22.7 Å². The number of nitrogens with zero attached hydrogens (tertiary/aromatic N) is 3. The molecule has 19 heavy (non-hydrogen) atoms. The van der Waals surface area contributed by atoms with Gasteiger partial charge in [0.05, 0.1) is 17.0 Å². The molecule has 6 heteroatoms. The van der Waals surface area contributed by atoms with E-state index >= 15 is 0 Å². The number of aryl methyl sites for hydroxylation is 1. The van der Waals surface area contributed by atoms with Gasteiger partial charge in [-0.1, -0.05) is 6.07 Å². The molecule has 0 amide bonds. The maximum Gasteiger partial charge on any atom is 0.308 e. The summed E-state index contributed by atoms with van der Waals surface area (Å²) in [5, 5.41) is 9.07. The number of halogens is 1. The normalized spacial score (nSPS) is 19.3. The highest BCUT2D eigenvalue weighted by molar-refractivity contribution is 9.10. The van der Waals surface area contributed by atoms with E-state index in [0.717, 1.165) is 28.0 Å². The average Bonchev–Trinajstić information content (AvgIpc) is 2.95. The first-order chi connectivity index (χ1) is 9.08. The van der Waals surface area contributed by atoms with E-state index in [0.29, 0.717) is 13.0 Å². The molecule has 100 valence electrons. The first-order valence-corrected chi connectivity index (χ1v) is 6.96. The Kier molecular flexibility index (Phi) is 2.97. The van der Waals surface area contributed by atoms with E-state index in [9.17, 15) is 4.79 Å². The van der Waals surface area contributed by atoms with Crippen molar-refractivity contribution in [2.45, 2.75) is 6.42 Å². The minimum atomic E-state index is -0.720. The van der Waals surface area contributed by atoms with Gasteiger partial charge in [0.25, 0.3) is 0 Å². The number of imidazole rings is 1. The van der Waals surface area contributed by atoms with Crippen LogP contribution in [0.15, 0.2) is 22.7 Å². The van der Waals surface area contributed by atoms with Crippen LogP contribution >= 0.6 is 15.9 Å². The number of fused-ring (bicyclic) bond motifs is 1. The summed E-state index contributed by atoms with van der Waals surface area (Å²) in [5.41, 5.74) is 1.96. The number of hydrogen-bond acceptors (Lipinski definition) is 3. The lowest BCUT2D eigenvalue weighted by molar-refractivity contribution is -0.140. The molecule has 1 atom stereocenters. The maximum atomic E-state index is 11.0. The van der Waals surface area contributed by atoms with Crippen molar-refractivity contribution in [3.8, 4) is 0 Å². The predicted molar refractivity (Wildman–Crippen MR) is 76.4 cm³/mol. The van der Waals surface area contributed by atoms with Crippen LogP contribution in [0.5, 0.6) is 0 Å². The number of anilines is 1. The predicted octanol–water partition coefficient (Wildman–Crippen LogP) is 2.25. The smallest absolute Gasteiger partial charge is 0.308 e. The van der Waals surface area contributed by atoms with Crippen molar-refractivity contribution in [3.63, 3.8) is 0 Å². The lowest BCUT2D eigenvalue weighted by Crippen LogP contribution is -2.25. The maximum absolute atomic E-state index is 11.0. The quantitative estimate of drug-likeness (QED) is 0.920. The first kappa shape index (κ1) is 12.5. The minimum Gasteiger partial charge on any atom is -0.481 e. The number of carboxylic acid groups (broad SMARTS) is 1. The number of carboxylic acids is 1. The second-order valence-electron chi connectivity index (χ2n) is 4.85. The molecule has 1 unspecified atom stereocenters. The fraction of sp³-hybridized carbons (Fsp3) is 0.385. The van der Waals surface area contributed by atoms with Gasteiger partial charge in [0, 0.05) is 24.6 Å². The van der Waals surface area contributed by atoms with Crippen molar-refractivity contribution in [2.75, 3.05) is 18.0 Å². The second-order valence-corrected chi connectivity index (χ2v) is 5.70. The van der Waals surface area contributed by atoms with Crippen molar-refractivity contribution in [2.24, 2.45) is 13.0 Å². The van der Waals surface area contributed by atoms with E-state index in [1.54, 1.807) is 0 Å². The topological polar surface area (TPSA) is 58.4 Å². The number of para-hydroxylation sites is 1. The number of carbonyl (C=O) groups is 1. The SMILES string of the molecule is Cn1c(N2CCC(C(=O)O)C2)nc2cccc(Br)c21. The van der Waals surface area contributed by atoms with Crippen LogP contribution in [0.3, 0.4) is 0 Å². The highest BCUT2D eigenvalue weighted by atomic mass is 79.9. The monoisotopic (exact) mass is 323 g/mol. The van der Waals surface area contributed by atoms with Crippen molar-refractivity contribution in [1.29, 1.82) is 0 Å². The van der Waals surface area contributed by atoms with Crippen LogP contribution in [0.25, 0.3) is 11.0 Å². The number of hydrogen-bond donors (Lipinski definition) is 1. The third-order valence-corrected chi connectivity index (χ3v) is 4.28. The molecule has 0 saturated carbocycles. The van der Waals surface area contributed by atoms with E-state index in [1.165, 1.54) is 0 Å². The van der Waals surface area contributed by atoms with Gasteiger partial charge in [-0.15, -0.1) is 0 Å². The molecule has 2 heterocycles. The van der Waals surface area contributed by atoms with Crippen LogP contribution < -0.4 is 4.90 Å². The summed E-state index contributed by atoms with van der Waals surface area (Å²) >= 11 is 3.53. The van der Waals surface area contributed by atoms with Gasteiger partial charge in [0.15, 0.2) is 0 Å². The number of rotatable bonds is 2. The Labute approximate surface area is 119 Å². The van der Waals surface area contributed by atoms with Gasteiger partial charge in [0.2, 0.25) is 5.95 Å². The van der Waals surface area contributed by atoms with E-state index in [4.69, 9.17) is 5.11 Å². The zero-order valence-corrected chi connectivity index (χ0v) is 12.1. The molecule has 1 aromatic heterocycles. The van der Waals surface area contributed by atoms with Crippen LogP contribution in [0.4, 0.5) is 5.95 Å². The van der Waals surface area contributed by atoms with Gasteiger partial charge in [0.1, 0.15) is 0 Å². The van der Waals surface area contributed by atoms with Crippen molar-refractivity contribution >= 4 is 38.9 Å². The average molecular weight is 324 g/mol. The largest absolute Gasteiger partial charge is 0.481 e. The summed E-state index contributed by atoms with van der Waals surface area (Å²) in [6.45, 7) is 1.27. The highest BCUT2D eigenvalue weighted by Gasteiger charge is 2.30. The van der Waals surface area contributed by atoms with Crippen molar-refractivity contribution < 1.29 is 9.90 Å². The van der Waals surface area contributed by atoms with Gasteiger partial charge < -0.3 is 14.6 Å². The lowest BCUT2D eigenvalue weighted by atomic mass is 10.1. The van der Waals surface area contributed by atoms with E-state index in [-0.39, 0.29) is 5.92 Å². The Hall–Kier alpha value is -1.56. The Bertz CT molecular complexity index is 653. The van der Waals surface area contributed by atoms with Crippen LogP contribution in [0.2, 0.25) is 0 Å². The van der Waals surface area contributed by atoms with Crippen LogP contribution in [0.1, 0.15) is 6.42 Å². The van der Waals surface area contributed by atoms with E-state index in [2.05, 4.69) is 20.9 Å².